The number of piperidine rings is 1. The maximum absolute atomic E-state index is 13.3. The highest BCUT2D eigenvalue weighted by Gasteiger charge is 2.45. The molecule has 58 heavy (non-hydrogen) atoms. The number of carbonyl (C=O) groups excluding carboxylic acids is 2. The molecule has 15 heteroatoms. The van der Waals surface area contributed by atoms with Crippen molar-refractivity contribution in [2.75, 3.05) is 41.3 Å². The van der Waals surface area contributed by atoms with E-state index >= 15 is 0 Å². The molecule has 2 saturated heterocycles. The van der Waals surface area contributed by atoms with Gasteiger partial charge in [-0.25, -0.2) is 14.8 Å². The maximum atomic E-state index is 13.3. The van der Waals surface area contributed by atoms with Gasteiger partial charge in [-0.05, 0) is 61.8 Å². The molecular weight excluding hydrogens is 735 g/mol. The number of carbonyl (C=O) groups is 2. The second kappa shape index (κ2) is 16.6. The van der Waals surface area contributed by atoms with E-state index in [1.54, 1.807) is 12.5 Å². The van der Waals surface area contributed by atoms with Crippen molar-refractivity contribution in [2.24, 2.45) is 5.92 Å². The van der Waals surface area contributed by atoms with Gasteiger partial charge in [-0.15, -0.1) is 0 Å². The Kier molecular flexibility index (Phi) is 10.8. The fourth-order valence-corrected chi connectivity index (χ4v) is 8.84. The molecule has 9 rings (SSSR count). The lowest BCUT2D eigenvalue weighted by Crippen LogP contribution is -2.50. The molecule has 0 radical (unpaired) electrons. The van der Waals surface area contributed by atoms with Gasteiger partial charge in [-0.2, -0.15) is 9.97 Å². The number of benzene rings is 2. The third-order valence-electron chi connectivity index (χ3n) is 12.4. The van der Waals surface area contributed by atoms with E-state index in [-0.39, 0.29) is 36.0 Å². The normalized spacial score (nSPS) is 23.9. The first-order valence-corrected chi connectivity index (χ1v) is 20.6. The summed E-state index contributed by atoms with van der Waals surface area (Å²) >= 11 is 0. The van der Waals surface area contributed by atoms with Crippen molar-refractivity contribution < 1.29 is 19.8 Å². The highest BCUT2D eigenvalue weighted by molar-refractivity contribution is 5.85. The summed E-state index contributed by atoms with van der Waals surface area (Å²) in [4.78, 5) is 49.9. The molecule has 0 spiro atoms. The molecule has 3 aromatic heterocycles. The molecule has 2 aromatic carbocycles. The number of rotatable bonds is 11. The van der Waals surface area contributed by atoms with Crippen LogP contribution in [0.25, 0.3) is 11.2 Å². The smallest absolute Gasteiger partial charge is 0.315 e. The van der Waals surface area contributed by atoms with E-state index in [1.807, 2.05) is 59.2 Å². The third-order valence-corrected chi connectivity index (χ3v) is 12.4. The lowest BCUT2D eigenvalue weighted by atomic mass is 9.84. The zero-order valence-corrected chi connectivity index (χ0v) is 32.4. The number of imidazole rings is 1. The number of aliphatic hydroxyl groups is 2. The number of nitrogens with zero attached hydrogens (tertiary/aromatic N) is 7. The fraction of sp³-hybridized carbons (Fsp3) is 0.442. The van der Waals surface area contributed by atoms with E-state index in [2.05, 4.69) is 60.3 Å². The lowest BCUT2D eigenvalue weighted by Gasteiger charge is -2.33. The van der Waals surface area contributed by atoms with E-state index < -0.39 is 24.3 Å². The summed E-state index contributed by atoms with van der Waals surface area (Å²) in [5.41, 5.74) is 3.10. The molecule has 0 bridgehead atoms. The number of fused-ring (bicyclic) bond motifs is 1. The Balaban J connectivity index is 0.956. The second-order valence-electron chi connectivity index (χ2n) is 16.1. The molecule has 5 aromatic rings. The van der Waals surface area contributed by atoms with Crippen molar-refractivity contribution >= 4 is 40.7 Å². The van der Waals surface area contributed by atoms with Gasteiger partial charge in [0.15, 0.2) is 17.0 Å². The number of hydrogen-bond acceptors (Lipinski definition) is 11. The molecule has 0 unspecified atom stereocenters. The number of urea groups is 1. The van der Waals surface area contributed by atoms with Crippen LogP contribution in [0.4, 0.5) is 22.4 Å². The molecule has 15 nitrogen and oxygen atoms in total. The molecule has 2 aliphatic carbocycles. The van der Waals surface area contributed by atoms with Crippen molar-refractivity contribution in [1.82, 2.24) is 40.5 Å². The molecule has 5 atom stereocenters. The third kappa shape index (κ3) is 7.88. The minimum absolute atomic E-state index is 0.0376. The Labute approximate surface area is 337 Å². The Morgan fingerprint density at radius 2 is 1.40 bits per heavy atom. The zero-order chi connectivity index (χ0) is 39.6. The summed E-state index contributed by atoms with van der Waals surface area (Å²) in [6.07, 6.45) is 6.58. The molecule has 5 heterocycles. The first-order chi connectivity index (χ1) is 28.4. The number of amides is 3. The zero-order valence-electron chi connectivity index (χ0n) is 32.4. The molecule has 3 amide bonds. The van der Waals surface area contributed by atoms with Crippen molar-refractivity contribution in [3.05, 3.63) is 103 Å². The molecule has 6 N–H and O–H groups in total. The Bertz CT molecular complexity index is 2140. The van der Waals surface area contributed by atoms with Crippen LogP contribution in [0.5, 0.6) is 0 Å². The van der Waals surface area contributed by atoms with Crippen LogP contribution in [-0.4, -0.2) is 103 Å². The number of hydrogen-bond donors (Lipinski definition) is 6. The van der Waals surface area contributed by atoms with Gasteiger partial charge in [0.2, 0.25) is 11.9 Å². The topological polar surface area (TPSA) is 186 Å². The van der Waals surface area contributed by atoms with Crippen molar-refractivity contribution in [3.8, 4) is 0 Å². The molecule has 2 aliphatic heterocycles. The van der Waals surface area contributed by atoms with Gasteiger partial charge in [0.1, 0.15) is 18.0 Å². The predicted molar refractivity (Wildman–Crippen MR) is 220 cm³/mol. The van der Waals surface area contributed by atoms with Crippen LogP contribution in [0.2, 0.25) is 0 Å². The summed E-state index contributed by atoms with van der Waals surface area (Å²) in [5.74, 6) is 1.84. The van der Waals surface area contributed by atoms with Crippen molar-refractivity contribution in [1.29, 1.82) is 0 Å². The summed E-state index contributed by atoms with van der Waals surface area (Å²) in [6.45, 7) is 2.78. The number of pyridine rings is 1. The van der Waals surface area contributed by atoms with Gasteiger partial charge in [-0.1, -0.05) is 73.2 Å². The Hall–Kier alpha value is -5.80. The Morgan fingerprint density at radius 1 is 0.724 bits per heavy atom. The van der Waals surface area contributed by atoms with Crippen LogP contribution >= 0.6 is 0 Å². The number of anilines is 3. The van der Waals surface area contributed by atoms with Crippen LogP contribution in [0.1, 0.15) is 68.2 Å². The van der Waals surface area contributed by atoms with Gasteiger partial charge >= 0.3 is 6.03 Å². The lowest BCUT2D eigenvalue weighted by molar-refractivity contribution is -0.129. The second-order valence-corrected chi connectivity index (χ2v) is 16.1. The van der Waals surface area contributed by atoms with Crippen molar-refractivity contribution in [3.63, 3.8) is 0 Å². The minimum atomic E-state index is -1.15. The average Bonchev–Trinajstić information content (AvgIpc) is 3.95. The van der Waals surface area contributed by atoms with E-state index in [1.165, 1.54) is 0 Å². The van der Waals surface area contributed by atoms with Gasteiger partial charge in [0.05, 0.1) is 24.5 Å². The highest BCUT2D eigenvalue weighted by Crippen LogP contribution is 2.37. The Morgan fingerprint density at radius 3 is 2.07 bits per heavy atom. The van der Waals surface area contributed by atoms with E-state index in [0.717, 1.165) is 62.1 Å². The molecule has 302 valence electrons. The van der Waals surface area contributed by atoms with E-state index in [0.29, 0.717) is 48.9 Å². The summed E-state index contributed by atoms with van der Waals surface area (Å²) in [5, 5.41) is 35.6. The van der Waals surface area contributed by atoms with Crippen LogP contribution in [-0.2, 0) is 4.79 Å². The van der Waals surface area contributed by atoms with Crippen LogP contribution in [0, 0.1) is 5.92 Å². The number of nitrogens with one attached hydrogen (secondary N) is 4. The molecule has 4 aliphatic rings. The average molecular weight is 786 g/mol. The fourth-order valence-electron chi connectivity index (χ4n) is 8.84. The van der Waals surface area contributed by atoms with Crippen LogP contribution < -0.4 is 31.1 Å². The number of aliphatic hydroxyl groups excluding tert-OH is 2. The summed E-state index contributed by atoms with van der Waals surface area (Å²) in [7, 11) is 0. The molecular formula is C43H51N11O4. The first-order valence-electron chi connectivity index (χ1n) is 20.6. The van der Waals surface area contributed by atoms with E-state index in [4.69, 9.17) is 15.0 Å². The SMILES string of the molecule is O=C(NC1CCN(c2ccccn2)CC1)N[C@@H]1CCN(c2nc(NC(c3ccccc3)c3ccccc3)c3ncn([C@@H]4C[C@H](NC(=O)C5CCC5)[C@@H](O)[C@H]4O)c3n2)C1. The highest BCUT2D eigenvalue weighted by atomic mass is 16.3. The summed E-state index contributed by atoms with van der Waals surface area (Å²) < 4.78 is 1.81. The molecule has 4 fully saturated rings. The monoisotopic (exact) mass is 785 g/mol. The van der Waals surface area contributed by atoms with Crippen molar-refractivity contribution in [2.45, 2.75) is 87.4 Å². The van der Waals surface area contributed by atoms with Crippen LogP contribution in [0.3, 0.4) is 0 Å². The standard InChI is InChI=1S/C43H51N11O4/c55-37-32(48-41(57)29-14-9-15-29)24-33(38(37)56)54-26-45-36-39(49-35(27-10-3-1-4-11-27)28-12-5-2-6-13-28)50-42(51-40(36)54)53-23-19-31(25-53)47-43(58)46-30-17-21-52(22-18-30)34-16-7-8-20-44-34/h1-8,10-13,16,20,26,29-33,35,37-38,55-56H,9,14-15,17-19,21-25H2,(H,48,57)(H2,46,47,58)(H,49,50,51)/t31-,32+,33-,37-,38+/m1/s1. The number of aromatic nitrogens is 5. The van der Waals surface area contributed by atoms with Gasteiger partial charge in [0, 0.05) is 50.4 Å². The summed E-state index contributed by atoms with van der Waals surface area (Å²) in [6, 6.07) is 24.5. The minimum Gasteiger partial charge on any atom is -0.388 e. The van der Waals surface area contributed by atoms with Gasteiger partial charge in [0.25, 0.3) is 0 Å². The molecule has 2 saturated carbocycles. The predicted octanol–water partition coefficient (Wildman–Crippen LogP) is 3.92. The first kappa shape index (κ1) is 37.8. The maximum Gasteiger partial charge on any atom is 0.315 e. The van der Waals surface area contributed by atoms with Crippen LogP contribution in [0.15, 0.2) is 91.4 Å². The van der Waals surface area contributed by atoms with Gasteiger partial charge < -0.3 is 45.8 Å². The van der Waals surface area contributed by atoms with E-state index in [9.17, 15) is 19.8 Å². The quantitative estimate of drug-likeness (QED) is 0.114. The largest absolute Gasteiger partial charge is 0.388 e. The van der Waals surface area contributed by atoms with Gasteiger partial charge in [-0.3, -0.25) is 4.79 Å².